The molecule has 1 aromatic rings. The molecule has 26 heavy (non-hydrogen) atoms. The zero-order valence-corrected chi connectivity index (χ0v) is 15.1. The van der Waals surface area contributed by atoms with Crippen molar-refractivity contribution >= 4 is 23.4 Å². The molecule has 3 rings (SSSR count). The zero-order chi connectivity index (χ0) is 18.6. The standard InChI is InChI=1S/C20H27N3O3/c21-14-20(10-2-1-3-11-20)12-17(24)22-16-6-4-15(5-7-16)13-23-18(25)8-9-19(23)26/h4-7H,1-3,8-14,21H2,(H,22,24). The number of hydrogen-bond donors (Lipinski definition) is 2. The first-order valence-corrected chi connectivity index (χ1v) is 9.43. The molecule has 1 aliphatic carbocycles. The average Bonchev–Trinajstić information content (AvgIpc) is 2.96. The van der Waals surface area contributed by atoms with Gasteiger partial charge < -0.3 is 11.1 Å². The maximum atomic E-state index is 12.4. The molecule has 1 aromatic carbocycles. The van der Waals surface area contributed by atoms with Gasteiger partial charge in [-0.25, -0.2) is 0 Å². The predicted octanol–water partition coefficient (Wildman–Crippen LogP) is 2.57. The van der Waals surface area contributed by atoms with Gasteiger partial charge in [-0.2, -0.15) is 0 Å². The molecule has 0 radical (unpaired) electrons. The third kappa shape index (κ3) is 4.30. The Bertz CT molecular complexity index is 662. The summed E-state index contributed by atoms with van der Waals surface area (Å²) in [6, 6.07) is 7.31. The van der Waals surface area contributed by atoms with Crippen molar-refractivity contribution in [1.82, 2.24) is 4.90 Å². The summed E-state index contributed by atoms with van der Waals surface area (Å²) < 4.78 is 0. The van der Waals surface area contributed by atoms with Crippen molar-refractivity contribution in [3.63, 3.8) is 0 Å². The molecule has 0 atom stereocenters. The van der Waals surface area contributed by atoms with Crippen LogP contribution in [0, 0.1) is 5.41 Å². The number of nitrogens with two attached hydrogens (primary N) is 1. The fraction of sp³-hybridized carbons (Fsp3) is 0.550. The van der Waals surface area contributed by atoms with Gasteiger partial charge in [0.05, 0.1) is 6.54 Å². The molecule has 2 aliphatic rings. The molecule has 0 bridgehead atoms. The maximum absolute atomic E-state index is 12.4. The van der Waals surface area contributed by atoms with Crippen LogP contribution in [0.15, 0.2) is 24.3 Å². The van der Waals surface area contributed by atoms with Gasteiger partial charge in [-0.05, 0) is 42.5 Å². The Morgan fingerprint density at radius 1 is 1.04 bits per heavy atom. The summed E-state index contributed by atoms with van der Waals surface area (Å²) in [5, 5.41) is 2.94. The summed E-state index contributed by atoms with van der Waals surface area (Å²) in [5.74, 6) is -0.242. The molecule has 3 N–H and O–H groups in total. The number of likely N-dealkylation sites (tertiary alicyclic amines) is 1. The van der Waals surface area contributed by atoms with Crippen LogP contribution in [0.4, 0.5) is 5.69 Å². The summed E-state index contributed by atoms with van der Waals surface area (Å²) in [5.41, 5.74) is 7.50. The van der Waals surface area contributed by atoms with Crippen LogP contribution in [0.2, 0.25) is 0 Å². The van der Waals surface area contributed by atoms with E-state index in [0.717, 1.165) is 36.9 Å². The molecule has 2 fully saturated rings. The highest BCUT2D eigenvalue weighted by Gasteiger charge is 2.33. The first kappa shape index (κ1) is 18.6. The second kappa shape index (κ2) is 7.99. The quantitative estimate of drug-likeness (QED) is 0.765. The zero-order valence-electron chi connectivity index (χ0n) is 15.1. The van der Waals surface area contributed by atoms with Gasteiger partial charge in [-0.3, -0.25) is 19.3 Å². The predicted molar refractivity (Wildman–Crippen MR) is 99.1 cm³/mol. The van der Waals surface area contributed by atoms with Crippen molar-refractivity contribution in [3.8, 4) is 0 Å². The number of benzene rings is 1. The van der Waals surface area contributed by atoms with Crippen LogP contribution in [-0.2, 0) is 20.9 Å². The van der Waals surface area contributed by atoms with Crippen LogP contribution in [0.5, 0.6) is 0 Å². The van der Waals surface area contributed by atoms with Crippen LogP contribution in [0.25, 0.3) is 0 Å². The number of imide groups is 1. The Labute approximate surface area is 154 Å². The molecule has 0 spiro atoms. The van der Waals surface area contributed by atoms with Gasteiger partial charge in [0.15, 0.2) is 0 Å². The Hall–Kier alpha value is -2.21. The van der Waals surface area contributed by atoms with E-state index in [1.54, 1.807) is 0 Å². The van der Waals surface area contributed by atoms with Gasteiger partial charge in [0.2, 0.25) is 17.7 Å². The third-order valence-corrected chi connectivity index (χ3v) is 5.62. The number of amides is 3. The van der Waals surface area contributed by atoms with Gasteiger partial charge in [0.1, 0.15) is 0 Å². The van der Waals surface area contributed by atoms with E-state index in [9.17, 15) is 14.4 Å². The van der Waals surface area contributed by atoms with Crippen LogP contribution in [0.1, 0.15) is 56.9 Å². The van der Waals surface area contributed by atoms with Gasteiger partial charge in [0.25, 0.3) is 0 Å². The molecule has 3 amide bonds. The lowest BCUT2D eigenvalue weighted by molar-refractivity contribution is -0.139. The van der Waals surface area contributed by atoms with E-state index < -0.39 is 0 Å². The van der Waals surface area contributed by atoms with Crippen LogP contribution < -0.4 is 11.1 Å². The number of nitrogens with one attached hydrogen (secondary N) is 1. The first-order valence-electron chi connectivity index (χ1n) is 9.43. The van der Waals surface area contributed by atoms with E-state index in [0.29, 0.717) is 32.4 Å². The van der Waals surface area contributed by atoms with Crippen molar-refractivity contribution in [1.29, 1.82) is 0 Å². The van der Waals surface area contributed by atoms with Crippen molar-refractivity contribution in [2.75, 3.05) is 11.9 Å². The van der Waals surface area contributed by atoms with E-state index in [1.807, 2.05) is 24.3 Å². The second-order valence-corrected chi connectivity index (χ2v) is 7.56. The topological polar surface area (TPSA) is 92.5 Å². The molecule has 1 saturated carbocycles. The Kier molecular flexibility index (Phi) is 5.71. The van der Waals surface area contributed by atoms with E-state index >= 15 is 0 Å². The van der Waals surface area contributed by atoms with Crippen molar-refractivity contribution in [3.05, 3.63) is 29.8 Å². The molecular weight excluding hydrogens is 330 g/mol. The second-order valence-electron chi connectivity index (χ2n) is 7.56. The third-order valence-electron chi connectivity index (χ3n) is 5.62. The SMILES string of the molecule is NCC1(CC(=O)Nc2ccc(CN3C(=O)CCC3=O)cc2)CCCCC1. The Morgan fingerprint density at radius 3 is 2.23 bits per heavy atom. The first-order chi connectivity index (χ1) is 12.5. The molecule has 140 valence electrons. The molecule has 0 aromatic heterocycles. The maximum Gasteiger partial charge on any atom is 0.229 e. The smallest absolute Gasteiger partial charge is 0.229 e. The number of anilines is 1. The van der Waals surface area contributed by atoms with Gasteiger partial charge in [-0.15, -0.1) is 0 Å². The lowest BCUT2D eigenvalue weighted by atomic mass is 9.71. The Balaban J connectivity index is 1.56. The van der Waals surface area contributed by atoms with Gasteiger partial charge in [-0.1, -0.05) is 31.4 Å². The highest BCUT2D eigenvalue weighted by atomic mass is 16.2. The number of carbonyl (C=O) groups is 3. The molecule has 1 heterocycles. The number of carbonyl (C=O) groups excluding carboxylic acids is 3. The number of nitrogens with zero attached hydrogens (tertiary/aromatic N) is 1. The van der Waals surface area contributed by atoms with Gasteiger partial charge >= 0.3 is 0 Å². The van der Waals surface area contributed by atoms with Crippen molar-refractivity contribution < 1.29 is 14.4 Å². The molecular formula is C20H27N3O3. The van der Waals surface area contributed by atoms with Crippen LogP contribution >= 0.6 is 0 Å². The highest BCUT2D eigenvalue weighted by Crippen LogP contribution is 2.38. The number of hydrogen-bond acceptors (Lipinski definition) is 4. The summed E-state index contributed by atoms with van der Waals surface area (Å²) >= 11 is 0. The molecule has 6 nitrogen and oxygen atoms in total. The largest absolute Gasteiger partial charge is 0.330 e. The van der Waals surface area contributed by atoms with E-state index in [-0.39, 0.29) is 23.1 Å². The highest BCUT2D eigenvalue weighted by molar-refractivity contribution is 6.01. The normalized spacial score (nSPS) is 19.7. The lowest BCUT2D eigenvalue weighted by Gasteiger charge is -2.35. The minimum atomic E-state index is -0.119. The minimum Gasteiger partial charge on any atom is -0.330 e. The molecule has 0 unspecified atom stereocenters. The summed E-state index contributed by atoms with van der Waals surface area (Å²) in [6.45, 7) is 0.847. The van der Waals surface area contributed by atoms with E-state index in [1.165, 1.54) is 11.3 Å². The summed E-state index contributed by atoms with van der Waals surface area (Å²) in [6.07, 6.45) is 6.63. The fourth-order valence-electron chi connectivity index (χ4n) is 3.98. The van der Waals surface area contributed by atoms with Crippen LogP contribution in [0.3, 0.4) is 0 Å². The minimum absolute atomic E-state index is 0.00463. The van der Waals surface area contributed by atoms with Crippen molar-refractivity contribution in [2.45, 2.75) is 57.9 Å². The summed E-state index contributed by atoms with van der Waals surface area (Å²) in [4.78, 5) is 37.1. The monoisotopic (exact) mass is 357 g/mol. The van der Waals surface area contributed by atoms with E-state index in [4.69, 9.17) is 5.73 Å². The lowest BCUT2D eigenvalue weighted by Crippen LogP contribution is -2.36. The molecule has 6 heteroatoms. The average molecular weight is 357 g/mol. The van der Waals surface area contributed by atoms with Crippen LogP contribution in [-0.4, -0.2) is 29.2 Å². The Morgan fingerprint density at radius 2 is 1.65 bits per heavy atom. The fourth-order valence-corrected chi connectivity index (χ4v) is 3.98. The van der Waals surface area contributed by atoms with Crippen molar-refractivity contribution in [2.24, 2.45) is 11.1 Å². The number of rotatable bonds is 6. The van der Waals surface area contributed by atoms with Gasteiger partial charge in [0, 0.05) is 24.9 Å². The molecule has 1 saturated heterocycles. The van der Waals surface area contributed by atoms with E-state index in [2.05, 4.69) is 5.32 Å². The summed E-state index contributed by atoms with van der Waals surface area (Å²) in [7, 11) is 0. The molecule has 1 aliphatic heterocycles.